The Morgan fingerprint density at radius 2 is 1.94 bits per heavy atom. The summed E-state index contributed by atoms with van der Waals surface area (Å²) in [6.07, 6.45) is 1.43. The number of aryl methyl sites for hydroxylation is 1. The number of rotatable bonds is 9. The Hall–Kier alpha value is -3.30. The molecule has 0 aliphatic carbocycles. The molecule has 2 amide bonds. The second kappa shape index (κ2) is 10.1. The second-order valence-electron chi connectivity index (χ2n) is 7.12. The predicted octanol–water partition coefficient (Wildman–Crippen LogP) is 3.67. The van der Waals surface area contributed by atoms with Gasteiger partial charge in [0.1, 0.15) is 5.82 Å². The van der Waals surface area contributed by atoms with Crippen LogP contribution < -0.4 is 20.1 Å². The number of pyridine rings is 2. The fourth-order valence-electron chi connectivity index (χ4n) is 2.65. The molecule has 0 saturated heterocycles. The van der Waals surface area contributed by atoms with Crippen molar-refractivity contribution in [2.75, 3.05) is 18.5 Å². The van der Waals surface area contributed by atoms with Crippen LogP contribution in [0.15, 0.2) is 24.4 Å². The highest BCUT2D eigenvalue weighted by Crippen LogP contribution is 2.29. The molecule has 2 rings (SSSR count). The third kappa shape index (κ3) is 7.47. The van der Waals surface area contributed by atoms with E-state index in [2.05, 4.69) is 20.6 Å². The lowest BCUT2D eigenvalue weighted by molar-refractivity contribution is -0.114. The molecule has 31 heavy (non-hydrogen) atoms. The van der Waals surface area contributed by atoms with Gasteiger partial charge in [-0.1, -0.05) is 0 Å². The lowest BCUT2D eigenvalue weighted by Crippen LogP contribution is -2.27. The lowest BCUT2D eigenvalue weighted by atomic mass is 10.1. The summed E-state index contributed by atoms with van der Waals surface area (Å²) >= 11 is 0. The number of amides is 2. The van der Waals surface area contributed by atoms with Crippen molar-refractivity contribution < 1.29 is 27.8 Å². The summed E-state index contributed by atoms with van der Waals surface area (Å²) in [6, 6.07) is 4.19. The summed E-state index contributed by atoms with van der Waals surface area (Å²) in [5, 5.41) is 5.38. The molecule has 0 aliphatic heterocycles. The van der Waals surface area contributed by atoms with Crippen LogP contribution in [-0.2, 0) is 4.79 Å². The number of hydrogen-bond donors (Lipinski definition) is 2. The monoisotopic (exact) mass is 436 g/mol. The predicted molar refractivity (Wildman–Crippen MR) is 111 cm³/mol. The zero-order valence-corrected chi connectivity index (χ0v) is 18.1. The quantitative estimate of drug-likeness (QED) is 0.622. The summed E-state index contributed by atoms with van der Waals surface area (Å²) in [4.78, 5) is 32.2. The topological polar surface area (TPSA) is 102 Å². The van der Waals surface area contributed by atoms with Crippen LogP contribution in [0.1, 0.15) is 55.4 Å². The molecule has 0 radical (unpaired) electrons. The van der Waals surface area contributed by atoms with E-state index >= 15 is 0 Å². The number of aromatic nitrogens is 2. The van der Waals surface area contributed by atoms with E-state index in [-0.39, 0.29) is 35.9 Å². The number of ether oxygens (including phenoxy) is 2. The smallest absolute Gasteiger partial charge is 0.278 e. The van der Waals surface area contributed by atoms with E-state index in [1.165, 1.54) is 19.2 Å². The van der Waals surface area contributed by atoms with Crippen LogP contribution in [0.5, 0.6) is 11.6 Å². The number of alkyl halides is 2. The number of hydrogen-bond acceptors (Lipinski definition) is 6. The molecule has 2 heterocycles. The number of nitrogens with one attached hydrogen (secondary N) is 2. The molecule has 0 fully saturated rings. The first-order valence-corrected chi connectivity index (χ1v) is 9.69. The van der Waals surface area contributed by atoms with Gasteiger partial charge in [0.05, 0.1) is 12.6 Å². The molecule has 0 saturated carbocycles. The summed E-state index contributed by atoms with van der Waals surface area (Å²) in [5.41, 5.74) is 1.49. The Balaban J connectivity index is 2.18. The Bertz CT molecular complexity index is 947. The van der Waals surface area contributed by atoms with Gasteiger partial charge in [-0.3, -0.25) is 9.59 Å². The van der Waals surface area contributed by atoms with Gasteiger partial charge in [-0.05, 0) is 44.5 Å². The van der Waals surface area contributed by atoms with Gasteiger partial charge in [0.2, 0.25) is 5.91 Å². The summed E-state index contributed by atoms with van der Waals surface area (Å²) in [7, 11) is 0. The number of carbonyl (C=O) groups excluding carboxylic acids is 2. The highest BCUT2D eigenvalue weighted by atomic mass is 19.3. The van der Waals surface area contributed by atoms with Gasteiger partial charge in [0.25, 0.3) is 17.7 Å². The Labute approximate surface area is 179 Å². The van der Waals surface area contributed by atoms with Crippen molar-refractivity contribution >= 4 is 17.6 Å². The Kier molecular flexibility index (Phi) is 7.84. The Morgan fingerprint density at radius 1 is 1.23 bits per heavy atom. The van der Waals surface area contributed by atoms with Gasteiger partial charge in [0, 0.05) is 31.3 Å². The van der Waals surface area contributed by atoms with E-state index in [9.17, 15) is 18.4 Å². The molecular formula is C21H26F2N4O4. The maximum Gasteiger partial charge on any atom is 0.278 e. The minimum Gasteiger partial charge on any atom is -0.488 e. The Morgan fingerprint density at radius 3 is 2.55 bits per heavy atom. The molecule has 0 aliphatic rings. The van der Waals surface area contributed by atoms with Crippen LogP contribution in [0.25, 0.3) is 0 Å². The van der Waals surface area contributed by atoms with Crippen LogP contribution in [0, 0.1) is 6.92 Å². The van der Waals surface area contributed by atoms with E-state index in [1.807, 2.05) is 0 Å². The molecule has 0 bridgehead atoms. The number of anilines is 1. The van der Waals surface area contributed by atoms with Gasteiger partial charge < -0.3 is 20.1 Å². The first-order chi connectivity index (χ1) is 14.5. The molecule has 2 aromatic rings. The molecule has 1 unspecified atom stereocenters. The highest BCUT2D eigenvalue weighted by molar-refractivity contribution is 5.96. The zero-order valence-electron chi connectivity index (χ0n) is 18.1. The van der Waals surface area contributed by atoms with Crippen LogP contribution in [0.4, 0.5) is 14.6 Å². The van der Waals surface area contributed by atoms with Crippen molar-refractivity contribution in [2.24, 2.45) is 0 Å². The average molecular weight is 436 g/mol. The molecule has 168 valence electrons. The molecule has 0 spiro atoms. The van der Waals surface area contributed by atoms with Gasteiger partial charge in [-0.2, -0.15) is 0 Å². The minimum absolute atomic E-state index is 0.0460. The van der Waals surface area contributed by atoms with E-state index in [0.29, 0.717) is 16.8 Å². The van der Waals surface area contributed by atoms with Crippen molar-refractivity contribution in [3.8, 4) is 11.6 Å². The van der Waals surface area contributed by atoms with Crippen molar-refractivity contribution in [3.05, 3.63) is 41.2 Å². The summed E-state index contributed by atoms with van der Waals surface area (Å²) in [6.45, 7) is 6.75. The summed E-state index contributed by atoms with van der Waals surface area (Å²) in [5.74, 6) is -3.25. The number of halogens is 2. The van der Waals surface area contributed by atoms with Crippen molar-refractivity contribution in [3.63, 3.8) is 0 Å². The molecule has 1 atom stereocenters. The average Bonchev–Trinajstić information content (AvgIpc) is 2.65. The third-order valence-corrected chi connectivity index (χ3v) is 3.97. The third-order valence-electron chi connectivity index (χ3n) is 3.97. The molecule has 10 heteroatoms. The standard InChI is InChI=1S/C21H26F2N4O4/c1-6-30-17-8-16(10-24-20(17)31-11-21(5,22)23)13(3)26-19(29)15-7-12(2)25-18(9-15)27-14(4)28/h7-10,13H,6,11H2,1-5H3,(H,26,29)(H,25,27,28). The number of carbonyl (C=O) groups is 2. The molecular weight excluding hydrogens is 410 g/mol. The first kappa shape index (κ1) is 24.0. The van der Waals surface area contributed by atoms with Gasteiger partial charge in [-0.25, -0.2) is 18.7 Å². The van der Waals surface area contributed by atoms with Crippen LogP contribution in [-0.4, -0.2) is 40.9 Å². The minimum atomic E-state index is -3.01. The first-order valence-electron chi connectivity index (χ1n) is 9.69. The van der Waals surface area contributed by atoms with Crippen LogP contribution in [0.3, 0.4) is 0 Å². The van der Waals surface area contributed by atoms with Crippen LogP contribution >= 0.6 is 0 Å². The fraction of sp³-hybridized carbons (Fsp3) is 0.429. The SMILES string of the molecule is CCOc1cc(C(C)NC(=O)c2cc(C)nc(NC(C)=O)c2)cnc1OCC(C)(F)F. The normalized spacial score (nSPS) is 12.1. The fourth-order valence-corrected chi connectivity index (χ4v) is 2.65. The van der Waals surface area contributed by atoms with Gasteiger partial charge in [0.15, 0.2) is 12.4 Å². The van der Waals surface area contributed by atoms with Crippen molar-refractivity contribution in [1.29, 1.82) is 0 Å². The second-order valence-corrected chi connectivity index (χ2v) is 7.12. The van der Waals surface area contributed by atoms with E-state index in [0.717, 1.165) is 6.92 Å². The van der Waals surface area contributed by atoms with Crippen molar-refractivity contribution in [2.45, 2.75) is 46.6 Å². The molecule has 2 aromatic heterocycles. The van der Waals surface area contributed by atoms with E-state index in [4.69, 9.17) is 9.47 Å². The van der Waals surface area contributed by atoms with Crippen molar-refractivity contribution in [1.82, 2.24) is 15.3 Å². The molecule has 0 aromatic carbocycles. The zero-order chi connectivity index (χ0) is 23.2. The maximum atomic E-state index is 13.1. The number of nitrogens with zero attached hydrogens (tertiary/aromatic N) is 2. The largest absolute Gasteiger partial charge is 0.488 e. The molecule has 2 N–H and O–H groups in total. The van der Waals surface area contributed by atoms with E-state index in [1.54, 1.807) is 32.9 Å². The van der Waals surface area contributed by atoms with Gasteiger partial charge in [-0.15, -0.1) is 0 Å². The van der Waals surface area contributed by atoms with E-state index < -0.39 is 18.6 Å². The van der Waals surface area contributed by atoms with Gasteiger partial charge >= 0.3 is 0 Å². The summed E-state index contributed by atoms with van der Waals surface area (Å²) < 4.78 is 36.7. The molecule has 8 nitrogen and oxygen atoms in total. The van der Waals surface area contributed by atoms with Crippen LogP contribution in [0.2, 0.25) is 0 Å². The lowest BCUT2D eigenvalue weighted by Gasteiger charge is -2.18. The maximum absolute atomic E-state index is 13.1. The highest BCUT2D eigenvalue weighted by Gasteiger charge is 2.24.